The molecule has 0 radical (unpaired) electrons. The number of benzene rings is 1. The molecule has 1 saturated heterocycles. The van der Waals surface area contributed by atoms with Crippen LogP contribution < -0.4 is 10.1 Å². The highest BCUT2D eigenvalue weighted by Gasteiger charge is 2.25. The third kappa shape index (κ3) is 7.87. The first-order chi connectivity index (χ1) is 14.0. The fourth-order valence-corrected chi connectivity index (χ4v) is 3.33. The van der Waals surface area contributed by atoms with Gasteiger partial charge in [-0.05, 0) is 24.5 Å². The van der Waals surface area contributed by atoms with Gasteiger partial charge < -0.3 is 24.8 Å². The third-order valence-corrected chi connectivity index (χ3v) is 5.09. The third-order valence-electron chi connectivity index (χ3n) is 5.09. The number of ether oxygens (including phenoxy) is 2. The zero-order chi connectivity index (χ0) is 21.6. The quantitative estimate of drug-likeness (QED) is 0.555. The minimum Gasteiger partial charge on any atom is -0.496 e. The highest BCUT2D eigenvalue weighted by Crippen LogP contribution is 2.30. The summed E-state index contributed by atoms with van der Waals surface area (Å²) < 4.78 is 11.3. The van der Waals surface area contributed by atoms with E-state index < -0.39 is 5.97 Å². The summed E-state index contributed by atoms with van der Waals surface area (Å²) in [6.07, 6.45) is 5.32. The number of nitrogens with one attached hydrogen (secondary N) is 1. The zero-order valence-electron chi connectivity index (χ0n) is 18.7. The van der Waals surface area contributed by atoms with Gasteiger partial charge in [-0.1, -0.05) is 52.2 Å². The minimum atomic E-state index is -0.745. The van der Waals surface area contributed by atoms with Gasteiger partial charge in [0.25, 0.3) is 0 Å². The fraction of sp³-hybridized carbons (Fsp3) is 0.609. The molecule has 1 heterocycles. The number of hydrogen-bond donors (Lipinski definition) is 2. The van der Waals surface area contributed by atoms with E-state index in [1.54, 1.807) is 21.1 Å². The first kappa shape index (κ1) is 24.7. The molecule has 0 bridgehead atoms. The Labute approximate surface area is 175 Å². The second-order valence-electron chi connectivity index (χ2n) is 7.12. The molecule has 1 aliphatic heterocycles. The number of nitrogens with zero attached hydrogens (tertiary/aromatic N) is 1. The molecular weight excluding hydrogens is 368 g/mol. The maximum Gasteiger partial charge on any atom is 0.303 e. The Bertz CT molecular complexity index is 646. The monoisotopic (exact) mass is 406 g/mol. The molecule has 6 heteroatoms. The van der Waals surface area contributed by atoms with Gasteiger partial charge >= 0.3 is 5.97 Å². The van der Waals surface area contributed by atoms with Gasteiger partial charge in [0, 0.05) is 26.1 Å². The van der Waals surface area contributed by atoms with E-state index in [0.717, 1.165) is 48.4 Å². The lowest BCUT2D eigenvalue weighted by Crippen LogP contribution is -2.28. The van der Waals surface area contributed by atoms with Crippen molar-refractivity contribution in [2.75, 3.05) is 33.9 Å². The molecule has 1 atom stereocenters. The van der Waals surface area contributed by atoms with Crippen molar-refractivity contribution >= 4 is 11.7 Å². The van der Waals surface area contributed by atoms with Crippen LogP contribution in [0.15, 0.2) is 30.1 Å². The molecule has 1 aromatic carbocycles. The van der Waals surface area contributed by atoms with Gasteiger partial charge in [-0.15, -0.1) is 0 Å². The number of para-hydroxylation sites is 1. The first-order valence-electron chi connectivity index (χ1n) is 10.6. The number of unbranched alkanes of at least 4 members (excludes halogenated alkanes) is 1. The van der Waals surface area contributed by atoms with E-state index >= 15 is 0 Å². The van der Waals surface area contributed by atoms with Crippen LogP contribution in [0.2, 0.25) is 0 Å². The molecule has 2 rings (SSSR count). The largest absolute Gasteiger partial charge is 0.496 e. The van der Waals surface area contributed by atoms with Crippen LogP contribution >= 0.6 is 0 Å². The second-order valence-corrected chi connectivity index (χ2v) is 7.12. The van der Waals surface area contributed by atoms with E-state index in [-0.39, 0.29) is 6.42 Å². The number of rotatable bonds is 10. The molecule has 0 aliphatic carbocycles. The van der Waals surface area contributed by atoms with Crippen LogP contribution in [0.5, 0.6) is 5.75 Å². The highest BCUT2D eigenvalue weighted by molar-refractivity contribution is 5.68. The van der Waals surface area contributed by atoms with Gasteiger partial charge in [0.1, 0.15) is 11.6 Å². The number of hydrogen-bond acceptors (Lipinski definition) is 5. The Balaban J connectivity index is 0.000000749. The average molecular weight is 407 g/mol. The van der Waals surface area contributed by atoms with Gasteiger partial charge in [0.15, 0.2) is 5.76 Å². The predicted molar refractivity (Wildman–Crippen MR) is 118 cm³/mol. The maximum absolute atomic E-state index is 9.37. The van der Waals surface area contributed by atoms with Crippen LogP contribution in [-0.4, -0.2) is 49.8 Å². The Kier molecular flexibility index (Phi) is 11.7. The van der Waals surface area contributed by atoms with Crippen LogP contribution in [0.25, 0.3) is 5.76 Å². The van der Waals surface area contributed by atoms with Gasteiger partial charge in [-0.3, -0.25) is 4.79 Å². The van der Waals surface area contributed by atoms with Gasteiger partial charge in [0.05, 0.1) is 19.8 Å². The molecule has 164 valence electrons. The summed E-state index contributed by atoms with van der Waals surface area (Å²) in [4.78, 5) is 11.8. The van der Waals surface area contributed by atoms with Crippen LogP contribution in [0.4, 0.5) is 0 Å². The zero-order valence-corrected chi connectivity index (χ0v) is 18.7. The smallest absolute Gasteiger partial charge is 0.303 e. The lowest BCUT2D eigenvalue weighted by atomic mass is 9.99. The Morgan fingerprint density at radius 3 is 2.48 bits per heavy atom. The summed E-state index contributed by atoms with van der Waals surface area (Å²) in [6, 6.07) is 8.03. The van der Waals surface area contributed by atoms with Crippen molar-refractivity contribution in [3.05, 3.63) is 35.6 Å². The van der Waals surface area contributed by atoms with Crippen molar-refractivity contribution in [3.8, 4) is 5.75 Å². The Morgan fingerprint density at radius 2 is 1.93 bits per heavy atom. The average Bonchev–Trinajstić information content (AvgIpc) is 3.20. The van der Waals surface area contributed by atoms with Gasteiger partial charge in [-0.2, -0.15) is 0 Å². The van der Waals surface area contributed by atoms with Gasteiger partial charge in [-0.25, -0.2) is 0 Å². The van der Waals surface area contributed by atoms with E-state index in [2.05, 4.69) is 30.1 Å². The van der Waals surface area contributed by atoms with E-state index in [1.807, 2.05) is 18.2 Å². The van der Waals surface area contributed by atoms with E-state index in [4.69, 9.17) is 14.6 Å². The van der Waals surface area contributed by atoms with Crippen LogP contribution in [0.1, 0.15) is 58.4 Å². The van der Waals surface area contributed by atoms with Crippen molar-refractivity contribution < 1.29 is 19.4 Å². The van der Waals surface area contributed by atoms with Crippen molar-refractivity contribution in [1.29, 1.82) is 0 Å². The number of aliphatic carboxylic acids is 1. The van der Waals surface area contributed by atoms with Gasteiger partial charge in [0.2, 0.25) is 0 Å². The SMILES string of the molecule is CCC(=O)O.CCCCC(CC)CN1CCNC1=C(OC)c1ccccc1OC. The minimum absolute atomic E-state index is 0.222. The van der Waals surface area contributed by atoms with Crippen molar-refractivity contribution in [3.63, 3.8) is 0 Å². The summed E-state index contributed by atoms with van der Waals surface area (Å²) in [7, 11) is 3.44. The van der Waals surface area contributed by atoms with Crippen molar-refractivity contribution in [2.45, 2.75) is 52.9 Å². The van der Waals surface area contributed by atoms with E-state index in [1.165, 1.54) is 25.7 Å². The normalized spacial score (nSPS) is 15.7. The number of carboxylic acid groups (broad SMARTS) is 1. The molecular formula is C23H38N2O4. The number of carboxylic acids is 1. The Morgan fingerprint density at radius 1 is 1.24 bits per heavy atom. The summed E-state index contributed by atoms with van der Waals surface area (Å²) in [5.41, 5.74) is 0.999. The van der Waals surface area contributed by atoms with Crippen LogP contribution in [0, 0.1) is 5.92 Å². The predicted octanol–water partition coefficient (Wildman–Crippen LogP) is 4.57. The van der Waals surface area contributed by atoms with E-state index in [9.17, 15) is 4.79 Å². The molecule has 0 spiro atoms. The molecule has 29 heavy (non-hydrogen) atoms. The summed E-state index contributed by atoms with van der Waals surface area (Å²) in [5, 5.41) is 11.2. The van der Waals surface area contributed by atoms with Crippen molar-refractivity contribution in [2.24, 2.45) is 5.92 Å². The lowest BCUT2D eigenvalue weighted by Gasteiger charge is -2.26. The fourth-order valence-electron chi connectivity index (χ4n) is 3.33. The topological polar surface area (TPSA) is 71.0 Å². The maximum atomic E-state index is 9.37. The Hall–Kier alpha value is -2.37. The summed E-state index contributed by atoms with van der Waals surface area (Å²) >= 11 is 0. The molecule has 0 aromatic heterocycles. The highest BCUT2D eigenvalue weighted by atomic mass is 16.5. The lowest BCUT2D eigenvalue weighted by molar-refractivity contribution is -0.136. The van der Waals surface area contributed by atoms with Crippen LogP contribution in [-0.2, 0) is 9.53 Å². The number of carbonyl (C=O) groups is 1. The summed E-state index contributed by atoms with van der Waals surface area (Å²) in [5.74, 6) is 2.79. The summed E-state index contributed by atoms with van der Waals surface area (Å²) in [6.45, 7) is 9.23. The second kappa shape index (κ2) is 13.7. The molecule has 2 N–H and O–H groups in total. The molecule has 1 fully saturated rings. The van der Waals surface area contributed by atoms with E-state index in [0.29, 0.717) is 0 Å². The standard InChI is InChI=1S/C20H32N2O2.C3H6O2/c1-5-7-10-16(6-2)15-22-14-13-21-20(22)19(24-4)17-11-8-9-12-18(17)23-3;1-2-3(4)5/h8-9,11-12,16,21H,5-7,10,13-15H2,1-4H3;2H2,1H3,(H,4,5). The van der Waals surface area contributed by atoms with Crippen LogP contribution in [0.3, 0.4) is 0 Å². The molecule has 1 aliphatic rings. The molecule has 0 saturated carbocycles. The number of methoxy groups -OCH3 is 2. The molecule has 1 unspecified atom stereocenters. The first-order valence-corrected chi connectivity index (χ1v) is 10.6. The molecule has 1 aromatic rings. The molecule has 0 amide bonds. The molecule has 6 nitrogen and oxygen atoms in total. The van der Waals surface area contributed by atoms with Crippen molar-refractivity contribution in [1.82, 2.24) is 10.2 Å².